The lowest BCUT2D eigenvalue weighted by molar-refractivity contribution is -0.125. The van der Waals surface area contributed by atoms with Gasteiger partial charge in [0.05, 0.1) is 5.41 Å². The van der Waals surface area contributed by atoms with Crippen LogP contribution in [0.15, 0.2) is 22.7 Å². The number of nitrogens with two attached hydrogens (primary N) is 1. The van der Waals surface area contributed by atoms with Crippen LogP contribution < -0.4 is 11.1 Å². The lowest BCUT2D eigenvalue weighted by Gasteiger charge is -2.29. The molecule has 3 N–H and O–H groups in total. The number of halogens is 1. The summed E-state index contributed by atoms with van der Waals surface area (Å²) in [4.78, 5) is 12.7. The van der Waals surface area contributed by atoms with Crippen LogP contribution in [0.2, 0.25) is 0 Å². The highest BCUT2D eigenvalue weighted by Crippen LogP contribution is 2.35. The van der Waals surface area contributed by atoms with Crippen LogP contribution in [0.1, 0.15) is 44.1 Å². The largest absolute Gasteiger partial charge is 0.329 e. The van der Waals surface area contributed by atoms with Gasteiger partial charge in [0, 0.05) is 16.7 Å². The molecule has 1 aliphatic carbocycles. The first-order valence-electron chi connectivity index (χ1n) is 7.35. The average Bonchev–Trinajstić information content (AvgIpc) is 2.69. The van der Waals surface area contributed by atoms with Gasteiger partial charge < -0.3 is 11.1 Å². The van der Waals surface area contributed by atoms with E-state index in [-0.39, 0.29) is 11.3 Å². The van der Waals surface area contributed by atoms with E-state index in [1.54, 1.807) is 0 Å². The van der Waals surface area contributed by atoms with Gasteiger partial charge in [0.15, 0.2) is 0 Å². The Morgan fingerprint density at radius 2 is 1.95 bits per heavy atom. The van der Waals surface area contributed by atoms with Crippen molar-refractivity contribution in [3.63, 3.8) is 0 Å². The monoisotopic (exact) mass is 338 g/mol. The quantitative estimate of drug-likeness (QED) is 0.818. The molecule has 4 heteroatoms. The molecule has 0 aliphatic heterocycles. The van der Waals surface area contributed by atoms with Gasteiger partial charge in [-0.15, -0.1) is 0 Å². The van der Waals surface area contributed by atoms with E-state index >= 15 is 0 Å². The van der Waals surface area contributed by atoms with Crippen molar-refractivity contribution in [2.24, 2.45) is 11.1 Å². The Morgan fingerprint density at radius 3 is 2.50 bits per heavy atom. The molecule has 3 nitrogen and oxygen atoms in total. The van der Waals surface area contributed by atoms with Crippen LogP contribution in [-0.4, -0.2) is 12.5 Å². The second-order valence-electron chi connectivity index (χ2n) is 5.82. The number of nitrogens with one attached hydrogen (secondary N) is 1. The Kier molecular flexibility index (Phi) is 5.22. The summed E-state index contributed by atoms with van der Waals surface area (Å²) in [7, 11) is 0. The zero-order valence-corrected chi connectivity index (χ0v) is 13.6. The Bertz CT molecular complexity index is 479. The molecular formula is C16H23BrN2O. The molecular weight excluding hydrogens is 316 g/mol. The molecule has 0 radical (unpaired) electrons. The third kappa shape index (κ3) is 3.41. The van der Waals surface area contributed by atoms with Crippen molar-refractivity contribution < 1.29 is 4.79 Å². The van der Waals surface area contributed by atoms with Crippen LogP contribution in [-0.2, 0) is 4.79 Å². The van der Waals surface area contributed by atoms with E-state index < -0.39 is 0 Å². The van der Waals surface area contributed by atoms with Gasteiger partial charge in [0.1, 0.15) is 0 Å². The van der Waals surface area contributed by atoms with Gasteiger partial charge in [-0.25, -0.2) is 0 Å². The predicted octanol–water partition coefficient (Wildman–Crippen LogP) is 4.00. The molecule has 0 atom stereocenters. The summed E-state index contributed by atoms with van der Waals surface area (Å²) in [6.07, 6.45) is 6.45. The van der Waals surface area contributed by atoms with Gasteiger partial charge >= 0.3 is 0 Å². The number of hydrogen-bond acceptors (Lipinski definition) is 2. The van der Waals surface area contributed by atoms with Crippen molar-refractivity contribution in [1.29, 1.82) is 0 Å². The number of aryl methyl sites for hydroxylation is 1. The first kappa shape index (κ1) is 15.5. The van der Waals surface area contributed by atoms with E-state index in [0.29, 0.717) is 6.54 Å². The van der Waals surface area contributed by atoms with Crippen molar-refractivity contribution in [1.82, 2.24) is 0 Å². The normalized spacial score (nSPS) is 18.4. The lowest BCUT2D eigenvalue weighted by atomic mass is 9.79. The number of hydrogen-bond donors (Lipinski definition) is 2. The molecule has 0 bridgehead atoms. The Hall–Kier alpha value is -0.870. The Balaban J connectivity index is 2.14. The zero-order valence-electron chi connectivity index (χ0n) is 12.0. The van der Waals surface area contributed by atoms with Crippen LogP contribution >= 0.6 is 15.9 Å². The first-order chi connectivity index (χ1) is 9.57. The molecule has 1 aromatic rings. The molecule has 110 valence electrons. The van der Waals surface area contributed by atoms with E-state index in [4.69, 9.17) is 5.73 Å². The summed E-state index contributed by atoms with van der Waals surface area (Å²) in [5.41, 5.74) is 7.54. The predicted molar refractivity (Wildman–Crippen MR) is 86.7 cm³/mol. The summed E-state index contributed by atoms with van der Waals surface area (Å²) in [6, 6.07) is 5.88. The summed E-state index contributed by atoms with van der Waals surface area (Å²) in [5, 5.41) is 3.06. The van der Waals surface area contributed by atoms with Gasteiger partial charge in [-0.05, 0) is 43.5 Å². The third-order valence-electron chi connectivity index (χ3n) is 4.35. The van der Waals surface area contributed by atoms with Crippen LogP contribution in [0, 0.1) is 12.3 Å². The fraction of sp³-hybridized carbons (Fsp3) is 0.562. The second-order valence-corrected chi connectivity index (χ2v) is 6.67. The highest BCUT2D eigenvalue weighted by atomic mass is 79.9. The molecule has 0 heterocycles. The Morgan fingerprint density at radius 1 is 1.30 bits per heavy atom. The number of carbonyl (C=O) groups excluding carboxylic acids is 1. The van der Waals surface area contributed by atoms with Gasteiger partial charge in [-0.3, -0.25) is 4.79 Å². The maximum absolute atomic E-state index is 12.7. The summed E-state index contributed by atoms with van der Waals surface area (Å²) >= 11 is 3.47. The molecule has 0 saturated heterocycles. The number of amides is 1. The molecule has 1 fully saturated rings. The number of carbonyl (C=O) groups is 1. The van der Waals surface area contributed by atoms with E-state index in [1.807, 2.05) is 25.1 Å². The van der Waals surface area contributed by atoms with Crippen LogP contribution in [0.25, 0.3) is 0 Å². The van der Waals surface area contributed by atoms with Crippen molar-refractivity contribution in [3.05, 3.63) is 28.2 Å². The molecule has 0 aromatic heterocycles. The Labute approximate surface area is 129 Å². The van der Waals surface area contributed by atoms with Crippen molar-refractivity contribution in [3.8, 4) is 0 Å². The lowest BCUT2D eigenvalue weighted by Crippen LogP contribution is -2.42. The van der Waals surface area contributed by atoms with E-state index in [9.17, 15) is 4.79 Å². The number of rotatable bonds is 3. The fourth-order valence-corrected chi connectivity index (χ4v) is 3.16. The van der Waals surface area contributed by atoms with Gasteiger partial charge in [0.25, 0.3) is 0 Å². The van der Waals surface area contributed by atoms with Gasteiger partial charge in [-0.2, -0.15) is 0 Å². The SMILES string of the molecule is Cc1cc(NC(=O)C2(CN)CCCCCC2)ccc1Br. The number of anilines is 1. The standard InChI is InChI=1S/C16H23BrN2O/c1-12-10-13(6-7-14(12)17)19-15(20)16(11-18)8-4-2-3-5-9-16/h6-7,10H,2-5,8-9,11,18H2,1H3,(H,19,20). The molecule has 1 aliphatic rings. The minimum atomic E-state index is -0.378. The maximum Gasteiger partial charge on any atom is 0.231 e. The molecule has 20 heavy (non-hydrogen) atoms. The minimum Gasteiger partial charge on any atom is -0.329 e. The molecule has 1 saturated carbocycles. The van der Waals surface area contributed by atoms with Crippen molar-refractivity contribution >= 4 is 27.5 Å². The van der Waals surface area contributed by atoms with Gasteiger partial charge in [-0.1, -0.05) is 41.6 Å². The topological polar surface area (TPSA) is 55.1 Å². The highest BCUT2D eigenvalue weighted by Gasteiger charge is 2.37. The van der Waals surface area contributed by atoms with Gasteiger partial charge in [0.2, 0.25) is 5.91 Å². The molecule has 2 rings (SSSR count). The summed E-state index contributed by atoms with van der Waals surface area (Å²) in [5.74, 6) is 0.0867. The number of benzene rings is 1. The second kappa shape index (κ2) is 6.72. The average molecular weight is 339 g/mol. The van der Waals surface area contributed by atoms with E-state index in [2.05, 4.69) is 21.2 Å². The molecule has 1 aromatic carbocycles. The van der Waals surface area contributed by atoms with Crippen LogP contribution in [0.5, 0.6) is 0 Å². The third-order valence-corrected chi connectivity index (χ3v) is 5.24. The molecule has 1 amide bonds. The first-order valence-corrected chi connectivity index (χ1v) is 8.14. The fourth-order valence-electron chi connectivity index (χ4n) is 2.92. The van der Waals surface area contributed by atoms with E-state index in [0.717, 1.165) is 41.4 Å². The van der Waals surface area contributed by atoms with Crippen LogP contribution in [0.4, 0.5) is 5.69 Å². The smallest absolute Gasteiger partial charge is 0.231 e. The summed E-state index contributed by atoms with van der Waals surface area (Å²) < 4.78 is 1.05. The maximum atomic E-state index is 12.7. The minimum absolute atomic E-state index is 0.0867. The van der Waals surface area contributed by atoms with Crippen molar-refractivity contribution in [2.45, 2.75) is 45.4 Å². The summed E-state index contributed by atoms with van der Waals surface area (Å²) in [6.45, 7) is 2.46. The van der Waals surface area contributed by atoms with Crippen molar-refractivity contribution in [2.75, 3.05) is 11.9 Å². The zero-order chi connectivity index (χ0) is 14.6. The van der Waals surface area contributed by atoms with E-state index in [1.165, 1.54) is 12.8 Å². The highest BCUT2D eigenvalue weighted by molar-refractivity contribution is 9.10. The molecule has 0 spiro atoms. The van der Waals surface area contributed by atoms with Crippen LogP contribution in [0.3, 0.4) is 0 Å². The molecule has 0 unspecified atom stereocenters.